The number of hydrogen-bond donors (Lipinski definition) is 1. The van der Waals surface area contributed by atoms with Gasteiger partial charge in [0.25, 0.3) is 0 Å². The van der Waals surface area contributed by atoms with Gasteiger partial charge in [0.05, 0.1) is 27.4 Å². The fourth-order valence-electron chi connectivity index (χ4n) is 4.03. The molecule has 1 fully saturated rings. The van der Waals surface area contributed by atoms with E-state index in [0.717, 1.165) is 28.4 Å². The van der Waals surface area contributed by atoms with Crippen molar-refractivity contribution in [3.05, 3.63) is 52.0 Å². The molecule has 0 aliphatic carbocycles. The number of nitrogens with zero attached hydrogens (tertiary/aromatic N) is 1. The van der Waals surface area contributed by atoms with Crippen molar-refractivity contribution >= 4 is 21.9 Å². The van der Waals surface area contributed by atoms with Crippen LogP contribution in [0.2, 0.25) is 0 Å². The fraction of sp³-hybridized carbons (Fsp3) is 0.409. The molecule has 2 aromatic carbocycles. The monoisotopic (exact) mass is 463 g/mol. The van der Waals surface area contributed by atoms with Crippen molar-refractivity contribution in [2.75, 3.05) is 27.9 Å². The van der Waals surface area contributed by atoms with Crippen molar-refractivity contribution in [2.45, 2.75) is 31.3 Å². The summed E-state index contributed by atoms with van der Waals surface area (Å²) in [6.07, 6.45) is 2.49. The van der Waals surface area contributed by atoms with Crippen molar-refractivity contribution < 1.29 is 24.1 Å². The summed E-state index contributed by atoms with van der Waals surface area (Å²) in [6.45, 7) is 0.694. The topological polar surface area (TPSA) is 68.2 Å². The zero-order valence-corrected chi connectivity index (χ0v) is 18.4. The predicted molar refractivity (Wildman–Crippen MR) is 114 cm³/mol. The van der Waals surface area contributed by atoms with Gasteiger partial charge in [-0.25, -0.2) is 0 Å². The molecule has 1 saturated heterocycles. The summed E-state index contributed by atoms with van der Waals surface area (Å²) in [5, 5.41) is 9.88. The van der Waals surface area contributed by atoms with Crippen LogP contribution in [0.25, 0.3) is 0 Å². The van der Waals surface area contributed by atoms with Gasteiger partial charge in [0.1, 0.15) is 6.04 Å². The third-order valence-electron chi connectivity index (χ3n) is 5.36. The van der Waals surface area contributed by atoms with Crippen LogP contribution in [-0.4, -0.2) is 49.9 Å². The van der Waals surface area contributed by atoms with E-state index in [0.29, 0.717) is 30.2 Å². The number of carboxylic acids is 1. The first-order valence-electron chi connectivity index (χ1n) is 9.54. The lowest BCUT2D eigenvalue weighted by molar-refractivity contribution is -0.145. The number of ether oxygens (including phenoxy) is 3. The van der Waals surface area contributed by atoms with Gasteiger partial charge < -0.3 is 19.3 Å². The Balaban J connectivity index is 2.21. The normalized spacial score (nSPS) is 18.1. The van der Waals surface area contributed by atoms with Crippen LogP contribution in [0.15, 0.2) is 40.9 Å². The van der Waals surface area contributed by atoms with E-state index in [1.54, 1.807) is 21.3 Å². The van der Waals surface area contributed by atoms with Crippen LogP contribution in [0.5, 0.6) is 17.2 Å². The molecule has 0 bridgehead atoms. The van der Waals surface area contributed by atoms with Gasteiger partial charge in [0, 0.05) is 4.47 Å². The van der Waals surface area contributed by atoms with Gasteiger partial charge in [0.15, 0.2) is 11.5 Å². The van der Waals surface area contributed by atoms with Gasteiger partial charge in [-0.2, -0.15) is 0 Å². The van der Waals surface area contributed by atoms with E-state index in [2.05, 4.69) is 20.8 Å². The van der Waals surface area contributed by atoms with Crippen LogP contribution in [-0.2, 0) is 4.79 Å². The third-order valence-corrected chi connectivity index (χ3v) is 6.09. The number of piperidine rings is 1. The average molecular weight is 464 g/mol. The number of hydrogen-bond acceptors (Lipinski definition) is 5. The van der Waals surface area contributed by atoms with Gasteiger partial charge in [-0.15, -0.1) is 0 Å². The lowest BCUT2D eigenvalue weighted by Crippen LogP contribution is -2.46. The molecule has 0 aromatic heterocycles. The maximum Gasteiger partial charge on any atom is 0.320 e. The summed E-state index contributed by atoms with van der Waals surface area (Å²) >= 11 is 3.66. The number of carbonyl (C=O) groups is 1. The molecule has 0 saturated carbocycles. The molecular formula is C22H26BrNO5. The molecule has 0 amide bonds. The van der Waals surface area contributed by atoms with E-state index >= 15 is 0 Å². The minimum atomic E-state index is -0.797. The van der Waals surface area contributed by atoms with E-state index in [-0.39, 0.29) is 6.04 Å². The molecule has 1 heterocycles. The Morgan fingerprint density at radius 3 is 2.31 bits per heavy atom. The molecule has 1 N–H and O–H groups in total. The van der Waals surface area contributed by atoms with Crippen molar-refractivity contribution in [3.8, 4) is 17.2 Å². The first-order valence-corrected chi connectivity index (χ1v) is 10.3. The molecule has 6 nitrogen and oxygen atoms in total. The summed E-state index contributed by atoms with van der Waals surface area (Å²) in [4.78, 5) is 14.1. The standard InChI is InChI=1S/C22H26BrNO5/c1-27-18-12-14(13-19(28-2)21(18)29-3)20(15-8-4-5-9-16(15)23)24-11-7-6-10-17(24)22(25)26/h4-5,8-9,12-13,17,20H,6-7,10-11H2,1-3H3,(H,25,26). The quantitative estimate of drug-likeness (QED) is 0.651. The van der Waals surface area contributed by atoms with Crippen LogP contribution in [0.4, 0.5) is 0 Å². The number of aliphatic carboxylic acids is 1. The summed E-state index contributed by atoms with van der Waals surface area (Å²) < 4.78 is 17.5. The Kier molecular flexibility index (Phi) is 7.03. The molecule has 7 heteroatoms. The lowest BCUT2D eigenvalue weighted by atomic mass is 9.91. The second-order valence-electron chi connectivity index (χ2n) is 6.97. The largest absolute Gasteiger partial charge is 0.493 e. The Bertz CT molecular complexity index is 847. The van der Waals surface area contributed by atoms with Crippen molar-refractivity contribution in [1.82, 2.24) is 4.90 Å². The lowest BCUT2D eigenvalue weighted by Gasteiger charge is -2.40. The minimum absolute atomic E-state index is 0.277. The summed E-state index contributed by atoms with van der Waals surface area (Å²) in [7, 11) is 4.72. The first kappa shape index (κ1) is 21.5. The highest BCUT2D eigenvalue weighted by molar-refractivity contribution is 9.10. The average Bonchev–Trinajstić information content (AvgIpc) is 2.74. The summed E-state index contributed by atoms with van der Waals surface area (Å²) in [5.41, 5.74) is 1.88. The zero-order chi connectivity index (χ0) is 21.0. The maximum atomic E-state index is 12.0. The number of halogens is 1. The molecular weight excluding hydrogens is 438 g/mol. The maximum absolute atomic E-state index is 12.0. The van der Waals surface area contributed by atoms with E-state index in [1.807, 2.05) is 36.4 Å². The van der Waals surface area contributed by atoms with Crippen molar-refractivity contribution in [2.24, 2.45) is 0 Å². The molecule has 2 unspecified atom stereocenters. The van der Waals surface area contributed by atoms with Crippen LogP contribution in [0, 0.1) is 0 Å². The fourth-order valence-corrected chi connectivity index (χ4v) is 4.54. The predicted octanol–water partition coefficient (Wildman–Crippen LogP) is 4.50. The number of benzene rings is 2. The van der Waals surface area contributed by atoms with Crippen molar-refractivity contribution in [1.29, 1.82) is 0 Å². The Hall–Kier alpha value is -2.25. The van der Waals surface area contributed by atoms with E-state index in [1.165, 1.54) is 0 Å². The highest BCUT2D eigenvalue weighted by Crippen LogP contribution is 2.44. The Labute approximate surface area is 179 Å². The minimum Gasteiger partial charge on any atom is -0.493 e. The number of carboxylic acid groups (broad SMARTS) is 1. The van der Waals surface area contributed by atoms with Gasteiger partial charge in [-0.3, -0.25) is 9.69 Å². The van der Waals surface area contributed by atoms with Gasteiger partial charge in [0.2, 0.25) is 5.75 Å². The zero-order valence-electron chi connectivity index (χ0n) is 16.9. The van der Waals surface area contributed by atoms with E-state index < -0.39 is 12.0 Å². The van der Waals surface area contributed by atoms with Crippen molar-refractivity contribution in [3.63, 3.8) is 0 Å². The highest BCUT2D eigenvalue weighted by atomic mass is 79.9. The molecule has 156 valence electrons. The van der Waals surface area contributed by atoms with Crippen LogP contribution >= 0.6 is 15.9 Å². The summed E-state index contributed by atoms with van der Waals surface area (Å²) in [6, 6.07) is 10.9. The number of likely N-dealkylation sites (tertiary alicyclic amines) is 1. The number of methoxy groups -OCH3 is 3. The summed E-state index contributed by atoms with van der Waals surface area (Å²) in [5.74, 6) is 0.804. The van der Waals surface area contributed by atoms with Gasteiger partial charge >= 0.3 is 5.97 Å². The number of rotatable bonds is 7. The van der Waals surface area contributed by atoms with Crippen LogP contribution < -0.4 is 14.2 Å². The molecule has 29 heavy (non-hydrogen) atoms. The first-order chi connectivity index (χ1) is 14.0. The SMILES string of the molecule is COc1cc(C(c2ccccc2Br)N2CCCCC2C(=O)O)cc(OC)c1OC. The molecule has 2 atom stereocenters. The van der Waals surface area contributed by atoms with Gasteiger partial charge in [-0.05, 0) is 48.7 Å². The van der Waals surface area contributed by atoms with Gasteiger partial charge in [-0.1, -0.05) is 40.5 Å². The molecule has 1 aliphatic heterocycles. The molecule has 1 aliphatic rings. The van der Waals surface area contributed by atoms with E-state index in [4.69, 9.17) is 14.2 Å². The Morgan fingerprint density at radius 1 is 1.10 bits per heavy atom. The smallest absolute Gasteiger partial charge is 0.320 e. The van der Waals surface area contributed by atoms with Crippen LogP contribution in [0.1, 0.15) is 36.4 Å². The molecule has 0 spiro atoms. The van der Waals surface area contributed by atoms with E-state index in [9.17, 15) is 9.90 Å². The second kappa shape index (κ2) is 9.50. The van der Waals surface area contributed by atoms with Crippen LogP contribution in [0.3, 0.4) is 0 Å². The molecule has 2 aromatic rings. The molecule has 0 radical (unpaired) electrons. The Morgan fingerprint density at radius 2 is 1.76 bits per heavy atom. The molecule has 3 rings (SSSR count). The third kappa shape index (κ3) is 4.36. The highest BCUT2D eigenvalue weighted by Gasteiger charge is 2.36. The second-order valence-corrected chi connectivity index (χ2v) is 7.82.